The molecule has 1 aromatic rings. The molecule has 28 nitrogen and oxygen atoms in total. The summed E-state index contributed by atoms with van der Waals surface area (Å²) in [6, 6.07) is -7.85. The largest absolute Gasteiger partial charge is 0.396 e. The van der Waals surface area contributed by atoms with E-state index in [2.05, 4.69) is 26.6 Å². The molecule has 13 atom stereocenters. The summed E-state index contributed by atoms with van der Waals surface area (Å²) < 4.78 is 0. The topological polar surface area (TPSA) is 348 Å². The molecule has 108 heavy (non-hydrogen) atoms. The maximum absolute atomic E-state index is 15.6. The molecule has 1 aromatic carbocycles. The van der Waals surface area contributed by atoms with Crippen molar-refractivity contribution in [1.82, 2.24) is 65.8 Å². The zero-order chi connectivity index (χ0) is 82.6. The van der Waals surface area contributed by atoms with Crippen LogP contribution < -0.4 is 26.6 Å². The number of likely N-dealkylation sites (N-methyl/N-ethyl adjacent to an activating group) is 7. The highest BCUT2D eigenvalue weighted by Gasteiger charge is 2.47. The lowest BCUT2D eigenvalue weighted by Crippen LogP contribution is -2.64. The average molecular weight is 1540 g/mol. The second-order valence-corrected chi connectivity index (χ2v) is 33.4. The maximum Gasteiger partial charge on any atom is 0.253 e. The molecule has 1 saturated heterocycles. The molecule has 1 aliphatic rings. The first kappa shape index (κ1) is 96.7. The standard InChI is InChI=1S/C79H137N13O15S/c1-26-57-74(102)90(23)62(45-108-40-32-31-39-93)77(105)86(19)59(42-47(4)5)70(98)84-63(50(10)11)78(106)87(20)58(41-46(2)3)69(97)81-53(15)67(95)82-54(16)72(100)88(21)60(43-48(6)7)75(103)89(22)61(44-49(8)9)76(104)91(24)64(51(12)13)79(107)92(25)65(71(99)83-57)66(94)52(14)33-29-27-28-30-38-80-68(96)55-34-36-56(37-35-55)73(101)85(17)18/h34-37,46-54,57-66,93-94H,26-33,38-45H2,1-25H3,(H,80,96)(H,81,97)(H,82,95)(H,83,99)(H,84,98)/t52-,53+,54-,57+,58+,59+,60+,61+,62-,63+,64+,65+,66-/m1/s1. The average Bonchev–Trinajstić information content (AvgIpc) is 0.837. The van der Waals surface area contributed by atoms with Crippen molar-refractivity contribution in [2.24, 2.45) is 41.4 Å². The van der Waals surface area contributed by atoms with Gasteiger partial charge >= 0.3 is 0 Å². The van der Waals surface area contributed by atoms with Gasteiger partial charge in [-0.25, -0.2) is 0 Å². The van der Waals surface area contributed by atoms with Gasteiger partial charge < -0.3 is 76.0 Å². The van der Waals surface area contributed by atoms with Gasteiger partial charge in [-0.05, 0) is 143 Å². The van der Waals surface area contributed by atoms with Crippen molar-refractivity contribution in [2.75, 3.05) is 88.1 Å². The number of hydrogen-bond acceptors (Lipinski definition) is 16. The number of amides is 13. The van der Waals surface area contributed by atoms with Crippen molar-refractivity contribution >= 4 is 88.6 Å². The highest BCUT2D eigenvalue weighted by Crippen LogP contribution is 2.28. The first-order valence-electron chi connectivity index (χ1n) is 38.9. The molecular formula is C79H137N13O15S. The Labute approximate surface area is 649 Å². The monoisotopic (exact) mass is 1540 g/mol. The van der Waals surface area contributed by atoms with Crippen molar-refractivity contribution < 1.29 is 72.5 Å². The summed E-state index contributed by atoms with van der Waals surface area (Å²) in [5.74, 6) is -10.4. The molecule has 0 aliphatic carbocycles. The van der Waals surface area contributed by atoms with Crippen LogP contribution in [-0.4, -0.2) is 287 Å². The first-order chi connectivity index (χ1) is 50.3. The summed E-state index contributed by atoms with van der Waals surface area (Å²) in [4.78, 5) is 201. The van der Waals surface area contributed by atoms with E-state index in [0.717, 1.165) is 4.90 Å². The summed E-state index contributed by atoms with van der Waals surface area (Å²) in [6.07, 6.45) is 2.74. The van der Waals surface area contributed by atoms with Crippen LogP contribution in [0, 0.1) is 41.4 Å². The second kappa shape index (κ2) is 46.3. The molecule has 29 heteroatoms. The molecule has 1 aliphatic heterocycles. The summed E-state index contributed by atoms with van der Waals surface area (Å²) in [6.45, 7) is 28.3. The molecule has 0 saturated carbocycles. The Balaban J connectivity index is 3.01. The lowest BCUT2D eigenvalue weighted by Gasteiger charge is -2.41. The van der Waals surface area contributed by atoms with Gasteiger partial charge in [-0.2, -0.15) is 11.8 Å². The zero-order valence-electron chi connectivity index (χ0n) is 69.8. The van der Waals surface area contributed by atoms with Crippen LogP contribution in [0.15, 0.2) is 24.3 Å². The van der Waals surface area contributed by atoms with Gasteiger partial charge in [0.15, 0.2) is 0 Å². The zero-order valence-corrected chi connectivity index (χ0v) is 70.6. The van der Waals surface area contributed by atoms with Crippen LogP contribution in [0.5, 0.6) is 0 Å². The van der Waals surface area contributed by atoms with E-state index < -0.39 is 155 Å². The van der Waals surface area contributed by atoms with E-state index in [4.69, 9.17) is 0 Å². The fourth-order valence-corrected chi connectivity index (χ4v) is 14.6. The van der Waals surface area contributed by atoms with Crippen LogP contribution in [0.3, 0.4) is 0 Å². The normalized spacial score (nSPS) is 24.2. The predicted molar refractivity (Wildman–Crippen MR) is 421 cm³/mol. The summed E-state index contributed by atoms with van der Waals surface area (Å²) >= 11 is 1.34. The number of aliphatic hydroxyl groups excluding tert-OH is 2. The molecule has 0 spiro atoms. The fraction of sp³-hybridized carbons (Fsp3) is 0.759. The SMILES string of the molecule is CC[C@@H]1NC(=O)[C@H]([C@H](O)[C@H](C)CCCCCCNC(=O)c2ccc(C(=O)N(C)C)cc2)N(C)C(=O)[C@H](C(C)C)N(C)C(=O)[C@H](CC(C)C)N(C)C(=O)[C@H](CC(C)C)N(C)C(=O)[C@@H](C)NC(=O)[C@H](C)NC(=O)[C@H](CC(C)C)N(C)C(=O)[C@H](C(C)C)NC(=O)[C@H](CC(C)C)N(C)C(=O)[C@@H](CSCCCCO)N(C)C1=O. The second-order valence-electron chi connectivity index (χ2n) is 32.2. The molecule has 0 unspecified atom stereocenters. The number of unbranched alkanes of at least 4 members (excludes halogenated alkanes) is 4. The Morgan fingerprint density at radius 2 is 0.907 bits per heavy atom. The number of hydrogen-bond donors (Lipinski definition) is 7. The molecule has 7 N–H and O–H groups in total. The highest BCUT2D eigenvalue weighted by atomic mass is 32.2. The minimum Gasteiger partial charge on any atom is -0.396 e. The van der Waals surface area contributed by atoms with Crippen molar-refractivity contribution in [2.45, 2.75) is 260 Å². The fourth-order valence-electron chi connectivity index (χ4n) is 13.4. The number of carbonyl (C=O) groups is 13. The molecule has 2 rings (SSSR count). The van der Waals surface area contributed by atoms with E-state index >= 15 is 33.6 Å². The van der Waals surface area contributed by atoms with E-state index in [1.807, 2.05) is 55.4 Å². The number of nitrogens with one attached hydrogen (secondary N) is 5. The van der Waals surface area contributed by atoms with Gasteiger partial charge in [0, 0.05) is 93.5 Å². The number of aliphatic hydroxyl groups is 2. The summed E-state index contributed by atoms with van der Waals surface area (Å²) in [7, 11) is 13.3. The van der Waals surface area contributed by atoms with Crippen molar-refractivity contribution in [3.8, 4) is 0 Å². The molecular weight excluding hydrogens is 1400 g/mol. The molecule has 0 bridgehead atoms. The van der Waals surface area contributed by atoms with Gasteiger partial charge in [0.05, 0.1) is 6.10 Å². The van der Waals surface area contributed by atoms with E-state index in [-0.39, 0.29) is 79.9 Å². The van der Waals surface area contributed by atoms with E-state index in [1.165, 1.54) is 109 Å². The third kappa shape index (κ3) is 28.5. The molecule has 614 valence electrons. The molecule has 1 fully saturated rings. The predicted octanol–water partition coefficient (Wildman–Crippen LogP) is 5.26. The van der Waals surface area contributed by atoms with Crippen LogP contribution >= 0.6 is 11.8 Å². The lowest BCUT2D eigenvalue weighted by atomic mass is 9.90. The lowest BCUT2D eigenvalue weighted by molar-refractivity contribution is -0.157. The van der Waals surface area contributed by atoms with Crippen molar-refractivity contribution in [1.29, 1.82) is 0 Å². The third-order valence-corrected chi connectivity index (χ3v) is 21.4. The van der Waals surface area contributed by atoms with E-state index in [9.17, 15) is 39.0 Å². The van der Waals surface area contributed by atoms with E-state index in [0.29, 0.717) is 68.4 Å². The van der Waals surface area contributed by atoms with Gasteiger partial charge in [-0.3, -0.25) is 62.3 Å². The third-order valence-electron chi connectivity index (χ3n) is 20.3. The maximum atomic E-state index is 15.6. The van der Waals surface area contributed by atoms with Gasteiger partial charge in [0.1, 0.15) is 66.5 Å². The van der Waals surface area contributed by atoms with Gasteiger partial charge in [0.25, 0.3) is 11.8 Å². The van der Waals surface area contributed by atoms with Crippen LogP contribution in [0.4, 0.5) is 0 Å². The van der Waals surface area contributed by atoms with Crippen molar-refractivity contribution in [3.05, 3.63) is 35.4 Å². The number of carbonyl (C=O) groups excluding carboxylic acids is 13. The van der Waals surface area contributed by atoms with Crippen LogP contribution in [0.2, 0.25) is 0 Å². The number of benzene rings is 1. The smallest absolute Gasteiger partial charge is 0.253 e. The number of thioether (sulfide) groups is 1. The van der Waals surface area contributed by atoms with Gasteiger partial charge in [0.2, 0.25) is 65.0 Å². The number of rotatable bonds is 28. The Hall–Kier alpha value is -7.40. The summed E-state index contributed by atoms with van der Waals surface area (Å²) in [5.41, 5.74) is 0.850. The molecule has 1 heterocycles. The Kier molecular flexibility index (Phi) is 41.5. The number of nitrogens with zero attached hydrogens (tertiary/aromatic N) is 8. The van der Waals surface area contributed by atoms with Crippen LogP contribution in [-0.2, 0) is 52.7 Å². The van der Waals surface area contributed by atoms with Crippen LogP contribution in [0.25, 0.3) is 0 Å². The highest BCUT2D eigenvalue weighted by molar-refractivity contribution is 7.99. The molecule has 13 amide bonds. The quantitative estimate of drug-likeness (QED) is 0.0526. The minimum atomic E-state index is -1.70. The van der Waals surface area contributed by atoms with Gasteiger partial charge in [-0.1, -0.05) is 116 Å². The van der Waals surface area contributed by atoms with Crippen LogP contribution in [0.1, 0.15) is 209 Å². The Morgan fingerprint density at radius 1 is 0.472 bits per heavy atom. The van der Waals surface area contributed by atoms with Crippen molar-refractivity contribution in [3.63, 3.8) is 0 Å². The van der Waals surface area contributed by atoms with Gasteiger partial charge in [-0.15, -0.1) is 0 Å². The summed E-state index contributed by atoms with van der Waals surface area (Å²) in [5, 5.41) is 36.4. The first-order valence-corrected chi connectivity index (χ1v) is 40.0. The molecule has 0 aromatic heterocycles. The molecule has 0 radical (unpaired) electrons. The Morgan fingerprint density at radius 3 is 1.40 bits per heavy atom. The minimum absolute atomic E-state index is 0.00688. The Bertz CT molecular complexity index is 3130. The van der Waals surface area contributed by atoms with E-state index in [1.54, 1.807) is 79.9 Å².